The minimum atomic E-state index is -0.241. The van der Waals surface area contributed by atoms with Crippen molar-refractivity contribution in [1.29, 1.82) is 0 Å². The van der Waals surface area contributed by atoms with Crippen LogP contribution in [0.5, 0.6) is 5.75 Å². The van der Waals surface area contributed by atoms with E-state index in [9.17, 15) is 4.39 Å². The third-order valence-corrected chi connectivity index (χ3v) is 4.09. The minimum Gasteiger partial charge on any atom is -0.496 e. The molecule has 5 heteroatoms. The number of nitrogens with two attached hydrogens (primary N) is 1. The molecule has 0 saturated carbocycles. The Hall–Kier alpha value is -1.20. The van der Waals surface area contributed by atoms with Crippen molar-refractivity contribution < 1.29 is 9.13 Å². The van der Waals surface area contributed by atoms with Gasteiger partial charge in [-0.1, -0.05) is 15.9 Å². The number of rotatable bonds is 4. The van der Waals surface area contributed by atoms with Gasteiger partial charge in [0.1, 0.15) is 11.6 Å². The van der Waals surface area contributed by atoms with Crippen LogP contribution in [0.2, 0.25) is 0 Å². The normalized spacial score (nSPS) is 10.5. The first-order valence-corrected chi connectivity index (χ1v) is 7.37. The maximum absolute atomic E-state index is 13.3. The van der Waals surface area contributed by atoms with E-state index < -0.39 is 0 Å². The van der Waals surface area contributed by atoms with Gasteiger partial charge in [-0.15, -0.1) is 11.8 Å². The van der Waals surface area contributed by atoms with Crippen LogP contribution in [0, 0.1) is 5.82 Å². The number of anilines is 1. The van der Waals surface area contributed by atoms with Gasteiger partial charge in [0.25, 0.3) is 0 Å². The van der Waals surface area contributed by atoms with Gasteiger partial charge in [0.2, 0.25) is 0 Å². The second-order valence-electron chi connectivity index (χ2n) is 3.98. The zero-order valence-electron chi connectivity index (χ0n) is 10.3. The molecule has 0 aliphatic carbocycles. The fourth-order valence-electron chi connectivity index (χ4n) is 1.66. The highest BCUT2D eigenvalue weighted by atomic mass is 79.9. The molecule has 2 N–H and O–H groups in total. The summed E-state index contributed by atoms with van der Waals surface area (Å²) in [7, 11) is 1.61. The van der Waals surface area contributed by atoms with Crippen molar-refractivity contribution in [3.8, 4) is 5.75 Å². The summed E-state index contributed by atoms with van der Waals surface area (Å²) in [4.78, 5) is 0.983. The van der Waals surface area contributed by atoms with E-state index in [-0.39, 0.29) is 5.82 Å². The molecule has 19 heavy (non-hydrogen) atoms. The summed E-state index contributed by atoms with van der Waals surface area (Å²) in [5, 5.41) is 0. The number of halogens is 2. The van der Waals surface area contributed by atoms with Crippen LogP contribution in [-0.4, -0.2) is 7.11 Å². The van der Waals surface area contributed by atoms with Gasteiger partial charge < -0.3 is 10.5 Å². The zero-order chi connectivity index (χ0) is 13.8. The molecule has 100 valence electrons. The van der Waals surface area contributed by atoms with Crippen LogP contribution >= 0.6 is 27.7 Å². The number of methoxy groups -OCH3 is 1. The average Bonchev–Trinajstić information content (AvgIpc) is 2.36. The Morgan fingerprint density at radius 1 is 1.26 bits per heavy atom. The van der Waals surface area contributed by atoms with Crippen LogP contribution in [0.25, 0.3) is 0 Å². The van der Waals surface area contributed by atoms with Crippen molar-refractivity contribution in [1.82, 2.24) is 0 Å². The fraction of sp³-hybridized carbons (Fsp3) is 0.143. The van der Waals surface area contributed by atoms with Crippen LogP contribution < -0.4 is 10.5 Å². The second kappa shape index (κ2) is 6.30. The number of hydrogen-bond donors (Lipinski definition) is 1. The van der Waals surface area contributed by atoms with E-state index in [1.807, 2.05) is 18.2 Å². The summed E-state index contributed by atoms with van der Waals surface area (Å²) in [5.74, 6) is 1.16. The molecule has 2 aromatic carbocycles. The highest BCUT2D eigenvalue weighted by Gasteiger charge is 2.06. The van der Waals surface area contributed by atoms with E-state index in [1.54, 1.807) is 24.9 Å². The molecule has 0 atom stereocenters. The van der Waals surface area contributed by atoms with Crippen molar-refractivity contribution in [3.05, 3.63) is 52.3 Å². The molecular formula is C14H13BrFNOS. The summed E-state index contributed by atoms with van der Waals surface area (Å²) in [6, 6.07) is 10.4. The van der Waals surface area contributed by atoms with Gasteiger partial charge >= 0.3 is 0 Å². The lowest BCUT2D eigenvalue weighted by Crippen LogP contribution is -1.91. The predicted molar refractivity (Wildman–Crippen MR) is 81.1 cm³/mol. The Bertz CT molecular complexity index is 571. The van der Waals surface area contributed by atoms with E-state index in [1.165, 1.54) is 12.1 Å². The van der Waals surface area contributed by atoms with Crippen molar-refractivity contribution in [2.24, 2.45) is 0 Å². The van der Waals surface area contributed by atoms with E-state index in [2.05, 4.69) is 15.9 Å². The zero-order valence-corrected chi connectivity index (χ0v) is 12.7. The number of nitrogen functional groups attached to an aromatic ring is 1. The molecule has 0 aliphatic rings. The summed E-state index contributed by atoms with van der Waals surface area (Å²) in [6.45, 7) is 0. The second-order valence-corrected chi connectivity index (χ2v) is 5.91. The quantitative estimate of drug-likeness (QED) is 0.658. The minimum absolute atomic E-state index is 0.241. The van der Waals surface area contributed by atoms with Crippen molar-refractivity contribution in [2.45, 2.75) is 10.6 Å². The van der Waals surface area contributed by atoms with Gasteiger partial charge in [-0.05, 0) is 35.9 Å². The maximum Gasteiger partial charge on any atom is 0.134 e. The lowest BCUT2D eigenvalue weighted by molar-refractivity contribution is 0.405. The summed E-state index contributed by atoms with van der Waals surface area (Å²) >= 11 is 4.87. The Balaban J connectivity index is 2.14. The van der Waals surface area contributed by atoms with Crippen molar-refractivity contribution >= 4 is 33.4 Å². The molecule has 2 nitrogen and oxygen atoms in total. The fourth-order valence-corrected chi connectivity index (χ4v) is 3.11. The molecule has 0 fully saturated rings. The topological polar surface area (TPSA) is 35.2 Å². The van der Waals surface area contributed by atoms with Crippen LogP contribution in [-0.2, 0) is 5.75 Å². The van der Waals surface area contributed by atoms with Gasteiger partial charge in [0, 0.05) is 26.9 Å². The lowest BCUT2D eigenvalue weighted by Gasteiger charge is -2.09. The Morgan fingerprint density at radius 2 is 2.05 bits per heavy atom. The summed E-state index contributed by atoms with van der Waals surface area (Å²) in [5.41, 5.74) is 7.28. The van der Waals surface area contributed by atoms with Crippen LogP contribution in [0.3, 0.4) is 0 Å². The molecule has 0 aromatic heterocycles. The van der Waals surface area contributed by atoms with Gasteiger partial charge in [-0.2, -0.15) is 0 Å². The molecular weight excluding hydrogens is 329 g/mol. The SMILES string of the molecule is COc1cc(N)ccc1SCc1cc(F)cc(Br)c1. The van der Waals surface area contributed by atoms with Crippen LogP contribution in [0.4, 0.5) is 10.1 Å². The molecule has 2 rings (SSSR count). The van der Waals surface area contributed by atoms with Gasteiger partial charge in [0.15, 0.2) is 0 Å². The third kappa shape index (κ3) is 3.88. The molecule has 0 spiro atoms. The molecule has 0 aliphatic heterocycles. The first-order chi connectivity index (χ1) is 9.08. The third-order valence-electron chi connectivity index (χ3n) is 2.50. The van der Waals surface area contributed by atoms with E-state index in [4.69, 9.17) is 10.5 Å². The number of ether oxygens (including phenoxy) is 1. The molecule has 0 bridgehead atoms. The van der Waals surface area contributed by atoms with Gasteiger partial charge in [-0.25, -0.2) is 4.39 Å². The predicted octanol–water partition coefficient (Wildman–Crippen LogP) is 4.47. The number of hydrogen-bond acceptors (Lipinski definition) is 3. The summed E-state index contributed by atoms with van der Waals surface area (Å²) < 4.78 is 19.3. The molecule has 0 heterocycles. The summed E-state index contributed by atoms with van der Waals surface area (Å²) in [6.07, 6.45) is 0. The van der Waals surface area contributed by atoms with Gasteiger partial charge in [-0.3, -0.25) is 0 Å². The molecule has 0 radical (unpaired) electrons. The molecule has 0 amide bonds. The molecule has 0 unspecified atom stereocenters. The molecule has 2 aromatic rings. The Morgan fingerprint density at radius 3 is 2.74 bits per heavy atom. The van der Waals surface area contributed by atoms with Crippen LogP contribution in [0.1, 0.15) is 5.56 Å². The standard InChI is InChI=1S/C14H13BrFNOS/c1-18-13-7-12(17)2-3-14(13)19-8-9-4-10(15)6-11(16)5-9/h2-7H,8,17H2,1H3. The molecule has 0 saturated heterocycles. The van der Waals surface area contributed by atoms with Crippen LogP contribution in [0.15, 0.2) is 45.8 Å². The largest absolute Gasteiger partial charge is 0.496 e. The number of benzene rings is 2. The highest BCUT2D eigenvalue weighted by molar-refractivity contribution is 9.10. The smallest absolute Gasteiger partial charge is 0.134 e. The average molecular weight is 342 g/mol. The first-order valence-electron chi connectivity index (χ1n) is 5.60. The van der Waals surface area contributed by atoms with E-state index in [0.717, 1.165) is 20.7 Å². The van der Waals surface area contributed by atoms with E-state index >= 15 is 0 Å². The Labute approximate surface area is 124 Å². The highest BCUT2D eigenvalue weighted by Crippen LogP contribution is 2.33. The van der Waals surface area contributed by atoms with E-state index in [0.29, 0.717) is 11.4 Å². The van der Waals surface area contributed by atoms with Crippen molar-refractivity contribution in [2.75, 3.05) is 12.8 Å². The first kappa shape index (κ1) is 14.2. The lowest BCUT2D eigenvalue weighted by atomic mass is 10.2. The number of thioether (sulfide) groups is 1. The maximum atomic E-state index is 13.3. The monoisotopic (exact) mass is 341 g/mol. The van der Waals surface area contributed by atoms with Gasteiger partial charge in [0.05, 0.1) is 7.11 Å². The van der Waals surface area contributed by atoms with Crippen molar-refractivity contribution in [3.63, 3.8) is 0 Å². The Kier molecular flexibility index (Phi) is 4.71.